The van der Waals surface area contributed by atoms with Gasteiger partial charge in [-0.3, -0.25) is 19.4 Å². The van der Waals surface area contributed by atoms with E-state index in [4.69, 9.17) is 0 Å². The van der Waals surface area contributed by atoms with Crippen molar-refractivity contribution in [1.82, 2.24) is 9.80 Å². The Morgan fingerprint density at radius 2 is 1.46 bits per heavy atom. The van der Waals surface area contributed by atoms with Gasteiger partial charge in [-0.05, 0) is 43.1 Å². The fraction of sp³-hybridized carbons (Fsp3) is 0.304. The summed E-state index contributed by atoms with van der Waals surface area (Å²) in [6, 6.07) is 16.0. The Kier molecular flexibility index (Phi) is 5.09. The number of amides is 2. The Morgan fingerprint density at radius 3 is 2.04 bits per heavy atom. The third kappa shape index (κ3) is 3.38. The quantitative estimate of drug-likeness (QED) is 0.588. The van der Waals surface area contributed by atoms with Crippen LogP contribution >= 0.6 is 0 Å². The lowest BCUT2D eigenvalue weighted by Crippen LogP contribution is -2.42. The van der Waals surface area contributed by atoms with Gasteiger partial charge in [0.05, 0.1) is 24.5 Å². The van der Waals surface area contributed by atoms with Crippen molar-refractivity contribution in [2.24, 2.45) is 11.8 Å². The second kappa shape index (κ2) is 7.68. The lowest BCUT2D eigenvalue weighted by atomic mass is 9.85. The molecule has 2 amide bonds. The molecule has 1 saturated heterocycles. The molecular weight excluding hydrogens is 355 g/mol. The van der Waals surface area contributed by atoms with E-state index in [2.05, 4.69) is 0 Å². The van der Waals surface area contributed by atoms with Crippen LogP contribution in [-0.4, -0.2) is 35.3 Å². The number of likely N-dealkylation sites (tertiary alicyclic amines) is 1. The van der Waals surface area contributed by atoms with E-state index in [9.17, 15) is 14.0 Å². The standard InChI is InChI=1S/C23H23FN2O2/c1-25(15-26-22(27)19-9-5-6-10-20(19)23(26)28)21(16-7-3-2-4-8-16)17-11-13-18(24)14-12-17/h2-8,11-14,19-21H,9-10,15H2,1H3/t19-,20-,21-/m1/s1. The zero-order valence-electron chi connectivity index (χ0n) is 15.8. The van der Waals surface area contributed by atoms with Crippen LogP contribution in [0, 0.1) is 17.7 Å². The highest BCUT2D eigenvalue weighted by atomic mass is 19.1. The summed E-state index contributed by atoms with van der Waals surface area (Å²) in [4.78, 5) is 29.0. The van der Waals surface area contributed by atoms with Crippen molar-refractivity contribution in [1.29, 1.82) is 0 Å². The van der Waals surface area contributed by atoms with Gasteiger partial charge in [0.25, 0.3) is 0 Å². The van der Waals surface area contributed by atoms with E-state index >= 15 is 0 Å². The van der Waals surface area contributed by atoms with E-state index in [-0.39, 0.29) is 42.2 Å². The molecule has 2 aromatic rings. The molecule has 28 heavy (non-hydrogen) atoms. The lowest BCUT2D eigenvalue weighted by molar-refractivity contribution is -0.142. The van der Waals surface area contributed by atoms with Crippen molar-refractivity contribution >= 4 is 11.8 Å². The van der Waals surface area contributed by atoms with Crippen LogP contribution in [0.25, 0.3) is 0 Å². The summed E-state index contributed by atoms with van der Waals surface area (Å²) in [6.45, 7) is 0.210. The molecular formula is C23H23FN2O2. The third-order valence-electron chi connectivity index (χ3n) is 5.71. The van der Waals surface area contributed by atoms with Gasteiger partial charge in [0.15, 0.2) is 0 Å². The number of rotatable bonds is 5. The van der Waals surface area contributed by atoms with Crippen LogP contribution in [0.4, 0.5) is 4.39 Å². The number of benzene rings is 2. The second-order valence-corrected chi connectivity index (χ2v) is 7.52. The fourth-order valence-electron chi connectivity index (χ4n) is 4.29. The number of halogens is 1. The number of fused-ring (bicyclic) bond motifs is 1. The molecule has 2 aromatic carbocycles. The molecule has 0 N–H and O–H groups in total. The van der Waals surface area contributed by atoms with Crippen molar-refractivity contribution in [2.45, 2.75) is 18.9 Å². The molecule has 1 heterocycles. The molecule has 0 unspecified atom stereocenters. The topological polar surface area (TPSA) is 40.6 Å². The Hall–Kier alpha value is -2.79. The highest BCUT2D eigenvalue weighted by molar-refractivity contribution is 6.05. The first-order chi connectivity index (χ1) is 13.6. The summed E-state index contributed by atoms with van der Waals surface area (Å²) in [5, 5.41) is 0. The molecule has 5 heteroatoms. The zero-order chi connectivity index (χ0) is 19.7. The lowest BCUT2D eigenvalue weighted by Gasteiger charge is -2.32. The van der Waals surface area contributed by atoms with E-state index in [1.165, 1.54) is 17.0 Å². The zero-order valence-corrected chi connectivity index (χ0v) is 15.8. The molecule has 4 nitrogen and oxygen atoms in total. The molecule has 4 rings (SSSR count). The molecule has 0 saturated carbocycles. The van der Waals surface area contributed by atoms with Crippen molar-refractivity contribution in [3.63, 3.8) is 0 Å². The molecule has 0 radical (unpaired) electrons. The summed E-state index contributed by atoms with van der Waals surface area (Å²) in [6.07, 6.45) is 5.25. The van der Waals surface area contributed by atoms with E-state index < -0.39 is 0 Å². The molecule has 1 fully saturated rings. The van der Waals surface area contributed by atoms with E-state index in [1.807, 2.05) is 54.4 Å². The second-order valence-electron chi connectivity index (χ2n) is 7.52. The van der Waals surface area contributed by atoms with E-state index in [1.54, 1.807) is 12.1 Å². The number of hydrogen-bond donors (Lipinski definition) is 0. The Balaban J connectivity index is 1.61. The van der Waals surface area contributed by atoms with Crippen molar-refractivity contribution < 1.29 is 14.0 Å². The first-order valence-electron chi connectivity index (χ1n) is 9.57. The van der Waals surface area contributed by atoms with Gasteiger partial charge in [-0.2, -0.15) is 0 Å². The minimum Gasteiger partial charge on any atom is -0.277 e. The van der Waals surface area contributed by atoms with Crippen LogP contribution in [0.15, 0.2) is 66.7 Å². The minimum absolute atomic E-state index is 0.0860. The van der Waals surface area contributed by atoms with E-state index in [0.717, 1.165) is 11.1 Å². The molecule has 0 spiro atoms. The normalized spacial score (nSPS) is 22.6. The number of imide groups is 1. The molecule has 1 aliphatic carbocycles. The SMILES string of the molecule is CN(CN1C(=O)[C@@H]2CC=CC[C@H]2C1=O)[C@H](c1ccccc1)c1ccc(F)cc1. The fourth-order valence-corrected chi connectivity index (χ4v) is 4.29. The molecule has 0 bridgehead atoms. The van der Waals surface area contributed by atoms with Crippen LogP contribution in [-0.2, 0) is 9.59 Å². The molecule has 1 aliphatic heterocycles. The van der Waals surface area contributed by atoms with Crippen LogP contribution in [0.1, 0.15) is 30.0 Å². The van der Waals surface area contributed by atoms with Crippen LogP contribution < -0.4 is 0 Å². The highest BCUT2D eigenvalue weighted by Gasteiger charge is 2.47. The molecule has 0 aromatic heterocycles. The van der Waals surface area contributed by atoms with Gasteiger partial charge in [0, 0.05) is 0 Å². The third-order valence-corrected chi connectivity index (χ3v) is 5.71. The van der Waals surface area contributed by atoms with Gasteiger partial charge < -0.3 is 0 Å². The largest absolute Gasteiger partial charge is 0.277 e. The first-order valence-corrected chi connectivity index (χ1v) is 9.57. The Morgan fingerprint density at radius 1 is 0.929 bits per heavy atom. The number of nitrogens with zero attached hydrogens (tertiary/aromatic N) is 2. The predicted octanol–water partition coefficient (Wildman–Crippen LogP) is 3.76. The minimum atomic E-state index is -0.292. The highest BCUT2D eigenvalue weighted by Crippen LogP contribution is 2.36. The first kappa shape index (κ1) is 18.6. The molecule has 3 atom stereocenters. The Labute approximate surface area is 164 Å². The summed E-state index contributed by atoms with van der Waals surface area (Å²) in [5.41, 5.74) is 1.93. The van der Waals surface area contributed by atoms with Gasteiger partial charge in [-0.25, -0.2) is 4.39 Å². The summed E-state index contributed by atoms with van der Waals surface area (Å²) in [7, 11) is 1.89. The van der Waals surface area contributed by atoms with Gasteiger partial charge in [-0.15, -0.1) is 0 Å². The average Bonchev–Trinajstić information content (AvgIpc) is 2.96. The van der Waals surface area contributed by atoms with Gasteiger partial charge in [-0.1, -0.05) is 54.6 Å². The van der Waals surface area contributed by atoms with E-state index in [0.29, 0.717) is 12.8 Å². The summed E-state index contributed by atoms with van der Waals surface area (Å²) >= 11 is 0. The van der Waals surface area contributed by atoms with Crippen LogP contribution in [0.3, 0.4) is 0 Å². The summed E-state index contributed by atoms with van der Waals surface area (Å²) in [5.74, 6) is -0.923. The Bertz CT molecular complexity index is 869. The van der Waals surface area contributed by atoms with Crippen LogP contribution in [0.2, 0.25) is 0 Å². The van der Waals surface area contributed by atoms with Crippen molar-refractivity contribution in [3.8, 4) is 0 Å². The van der Waals surface area contributed by atoms with Crippen LogP contribution in [0.5, 0.6) is 0 Å². The van der Waals surface area contributed by atoms with Crippen molar-refractivity contribution in [2.75, 3.05) is 13.7 Å². The maximum atomic E-state index is 13.4. The average molecular weight is 378 g/mol. The maximum Gasteiger partial charge on any atom is 0.234 e. The van der Waals surface area contributed by atoms with Gasteiger partial charge in [0.2, 0.25) is 11.8 Å². The van der Waals surface area contributed by atoms with Gasteiger partial charge in [0.1, 0.15) is 5.82 Å². The number of hydrogen-bond acceptors (Lipinski definition) is 3. The molecule has 2 aliphatic rings. The van der Waals surface area contributed by atoms with Crippen molar-refractivity contribution in [3.05, 3.63) is 83.7 Å². The number of allylic oxidation sites excluding steroid dienone is 2. The number of carbonyl (C=O) groups is 2. The number of carbonyl (C=O) groups excluding carboxylic acids is 2. The van der Waals surface area contributed by atoms with Gasteiger partial charge >= 0.3 is 0 Å². The maximum absolute atomic E-state index is 13.4. The smallest absolute Gasteiger partial charge is 0.234 e. The molecule has 144 valence electrons. The predicted molar refractivity (Wildman–Crippen MR) is 105 cm³/mol. The monoisotopic (exact) mass is 378 g/mol. The summed E-state index contributed by atoms with van der Waals surface area (Å²) < 4.78 is 13.4.